The molecule has 0 N–H and O–H groups in total. The minimum absolute atomic E-state index is 0.156. The van der Waals surface area contributed by atoms with E-state index < -0.39 is 12.6 Å². The average Bonchev–Trinajstić information content (AvgIpc) is 3.16. The van der Waals surface area contributed by atoms with E-state index in [0.717, 1.165) is 18.1 Å². The van der Waals surface area contributed by atoms with Gasteiger partial charge >= 0.3 is 315 Å². The van der Waals surface area contributed by atoms with E-state index in [0.29, 0.717) is 0 Å². The van der Waals surface area contributed by atoms with Gasteiger partial charge in [-0.1, -0.05) is 0 Å². The summed E-state index contributed by atoms with van der Waals surface area (Å²) >= 11 is 2.92. The molecule has 0 unspecified atom stereocenters. The van der Waals surface area contributed by atoms with Crippen molar-refractivity contribution in [2.45, 2.75) is 45.3 Å². The molecule has 5 heteroatoms. The second-order valence-electron chi connectivity index (χ2n) is 14.1. The molecule has 0 fully saturated rings. The van der Waals surface area contributed by atoms with Crippen LogP contribution in [0.3, 0.4) is 0 Å². The van der Waals surface area contributed by atoms with Crippen molar-refractivity contribution in [3.05, 3.63) is 187 Å². The second-order valence-corrected chi connectivity index (χ2v) is 29.1. The van der Waals surface area contributed by atoms with Gasteiger partial charge < -0.3 is 0 Å². The Labute approximate surface area is 313 Å². The molecule has 2 nitrogen and oxygen atoms in total. The van der Waals surface area contributed by atoms with Gasteiger partial charge in [0.2, 0.25) is 0 Å². The zero-order valence-electron chi connectivity index (χ0n) is 29.5. The number of hydrogen-bond donors (Lipinski definition) is 0. The van der Waals surface area contributed by atoms with Crippen molar-refractivity contribution >= 4 is 67.0 Å². The topological polar surface area (TPSA) is 22.1 Å². The molecule has 0 saturated carbocycles. The van der Waals surface area contributed by atoms with E-state index in [1.54, 1.807) is 0 Å². The van der Waals surface area contributed by atoms with Crippen LogP contribution >= 0.6 is 26.3 Å². The van der Waals surface area contributed by atoms with Gasteiger partial charge in [0, 0.05) is 0 Å². The molecule has 0 saturated heterocycles. The van der Waals surface area contributed by atoms with Crippen molar-refractivity contribution in [1.82, 2.24) is 4.98 Å². The van der Waals surface area contributed by atoms with Crippen LogP contribution in [-0.2, 0) is 4.43 Å². The molecule has 254 valence electrons. The molecule has 0 aliphatic heterocycles. The standard InChI is InChI=1S/C45H47INOPSi/c1-37(35-38-21-20-33-47-36-38)44(48-50(45(2,3)4,42-28-16-8-17-29-42)43-30-18-9-19-31-43)32-34-49(46,39-22-10-5-11-23-39,40-24-12-6-13-25-40)41-26-14-7-15-27-41/h5-31,33,35-36,44H,32,34H2,1-4H3/b37-35+/t44-/m0/s1. The van der Waals surface area contributed by atoms with Crippen LogP contribution in [0.1, 0.15) is 39.7 Å². The Bertz CT molecular complexity index is 1850. The molecule has 5 aromatic carbocycles. The molecule has 0 bridgehead atoms. The Hall–Kier alpha value is -3.67. The van der Waals surface area contributed by atoms with E-state index in [-0.39, 0.29) is 11.1 Å². The summed E-state index contributed by atoms with van der Waals surface area (Å²) in [7, 11) is -2.90. The van der Waals surface area contributed by atoms with E-state index >= 15 is 0 Å². The minimum atomic E-state index is -3.07. The maximum atomic E-state index is 8.02. The zero-order chi connectivity index (χ0) is 35.1. The fourth-order valence-electron chi connectivity index (χ4n) is 7.51. The predicted molar refractivity (Wildman–Crippen MR) is 229 cm³/mol. The van der Waals surface area contributed by atoms with Gasteiger partial charge in [-0.3, -0.25) is 0 Å². The molecular weight excluding hydrogens is 756 g/mol. The van der Waals surface area contributed by atoms with Crippen LogP contribution in [-0.4, -0.2) is 25.6 Å². The molecule has 0 spiro atoms. The monoisotopic (exact) mass is 803 g/mol. The summed E-state index contributed by atoms with van der Waals surface area (Å²) in [5, 5.41) is 6.58. The molecular formula is C45H47INOPSi. The zero-order valence-corrected chi connectivity index (χ0v) is 33.5. The fraction of sp³-hybridized carbons (Fsp3) is 0.178. The van der Waals surface area contributed by atoms with Gasteiger partial charge in [0.15, 0.2) is 0 Å². The molecule has 1 atom stereocenters. The third kappa shape index (κ3) is 6.96. The third-order valence-electron chi connectivity index (χ3n) is 10.0. The van der Waals surface area contributed by atoms with Gasteiger partial charge in [-0.25, -0.2) is 0 Å². The summed E-state index contributed by atoms with van der Waals surface area (Å²) in [6, 6.07) is 59.9. The van der Waals surface area contributed by atoms with Crippen molar-refractivity contribution in [1.29, 1.82) is 0 Å². The summed E-state index contributed by atoms with van der Waals surface area (Å²) in [5.74, 6) is 0. The van der Waals surface area contributed by atoms with Crippen molar-refractivity contribution in [2.75, 3.05) is 6.16 Å². The predicted octanol–water partition coefficient (Wildman–Crippen LogP) is 9.70. The van der Waals surface area contributed by atoms with Crippen LogP contribution in [0, 0.1) is 0 Å². The molecule has 0 aliphatic carbocycles. The molecule has 1 aromatic heterocycles. The number of hydrogen-bond acceptors (Lipinski definition) is 2. The summed E-state index contributed by atoms with van der Waals surface area (Å²) in [4.78, 5) is 4.45. The number of rotatable bonds is 12. The number of benzene rings is 5. The molecule has 0 radical (unpaired) electrons. The first-order valence-electron chi connectivity index (χ1n) is 17.4. The number of aromatic nitrogens is 1. The SMILES string of the molecule is C/C(=C\c1cccnc1)[C@H](CCP(I)(c1ccccc1)(c1ccccc1)c1ccccc1)O[Si](c1ccccc1)(c1ccccc1)C(C)(C)C. The van der Waals surface area contributed by atoms with Gasteiger partial charge in [-0.05, 0) is 0 Å². The molecule has 6 aromatic rings. The van der Waals surface area contributed by atoms with Crippen molar-refractivity contribution < 1.29 is 4.43 Å². The van der Waals surface area contributed by atoms with Gasteiger partial charge in [-0.2, -0.15) is 0 Å². The van der Waals surface area contributed by atoms with E-state index in [2.05, 4.69) is 219 Å². The van der Waals surface area contributed by atoms with Gasteiger partial charge in [0.1, 0.15) is 0 Å². The number of halogens is 1. The number of pyridine rings is 1. The van der Waals surface area contributed by atoms with E-state index in [1.807, 2.05) is 18.5 Å². The van der Waals surface area contributed by atoms with Crippen LogP contribution in [0.25, 0.3) is 6.08 Å². The molecule has 0 aliphatic rings. The van der Waals surface area contributed by atoms with Crippen LogP contribution in [0.5, 0.6) is 0 Å². The Balaban J connectivity index is 1.58. The quantitative estimate of drug-likeness (QED) is 0.0699. The van der Waals surface area contributed by atoms with Gasteiger partial charge in [0.05, 0.1) is 0 Å². The van der Waals surface area contributed by atoms with Crippen LogP contribution in [0.4, 0.5) is 0 Å². The van der Waals surface area contributed by atoms with Crippen molar-refractivity contribution in [3.63, 3.8) is 0 Å². The van der Waals surface area contributed by atoms with Crippen molar-refractivity contribution in [2.24, 2.45) is 0 Å². The molecule has 6 rings (SSSR count). The molecule has 1 heterocycles. The van der Waals surface area contributed by atoms with E-state index in [9.17, 15) is 0 Å². The van der Waals surface area contributed by atoms with Crippen LogP contribution in [0.2, 0.25) is 5.04 Å². The average molecular weight is 804 g/mol. The Morgan fingerprint density at radius 1 is 0.660 bits per heavy atom. The maximum absolute atomic E-state index is 8.02. The fourth-order valence-corrected chi connectivity index (χ4v) is 20.8. The van der Waals surface area contributed by atoms with Gasteiger partial charge in [0.25, 0.3) is 0 Å². The summed E-state index contributed by atoms with van der Waals surface area (Å²) < 4.78 is 4.96. The first-order valence-corrected chi connectivity index (χ1v) is 24.5. The van der Waals surface area contributed by atoms with E-state index in [4.69, 9.17) is 4.43 Å². The Morgan fingerprint density at radius 3 is 1.46 bits per heavy atom. The first-order chi connectivity index (χ1) is 24.2. The third-order valence-corrected chi connectivity index (χ3v) is 26.7. The molecule has 50 heavy (non-hydrogen) atoms. The van der Waals surface area contributed by atoms with Crippen molar-refractivity contribution in [3.8, 4) is 0 Å². The summed E-state index contributed by atoms with van der Waals surface area (Å²) in [6.45, 7) is 9.36. The van der Waals surface area contributed by atoms with E-state index in [1.165, 1.54) is 31.9 Å². The van der Waals surface area contributed by atoms with Gasteiger partial charge in [-0.15, -0.1) is 0 Å². The second kappa shape index (κ2) is 15.3. The normalized spacial score (nSPS) is 14.0. The summed E-state index contributed by atoms with van der Waals surface area (Å²) in [6.07, 6.45) is 7.68. The Kier molecular flexibility index (Phi) is 11.0. The van der Waals surface area contributed by atoms with Crippen LogP contribution < -0.4 is 26.3 Å². The number of nitrogens with zero attached hydrogens (tertiary/aromatic N) is 1. The first kappa shape index (κ1) is 36.1. The molecule has 0 amide bonds. The summed E-state index contributed by atoms with van der Waals surface area (Å²) in [5.41, 5.74) is 2.30. The Morgan fingerprint density at radius 2 is 1.08 bits per heavy atom. The van der Waals surface area contributed by atoms with Crippen LogP contribution in [0.15, 0.2) is 182 Å².